The Kier molecular flexibility index (Phi) is 5.99. The number of carbonyl (C=O) groups excluding carboxylic acids is 2. The second-order valence-electron chi connectivity index (χ2n) is 6.68. The van der Waals surface area contributed by atoms with E-state index in [0.29, 0.717) is 23.4 Å². The van der Waals surface area contributed by atoms with Crippen LogP contribution in [0.2, 0.25) is 0 Å². The van der Waals surface area contributed by atoms with Crippen molar-refractivity contribution in [3.8, 4) is 5.75 Å². The van der Waals surface area contributed by atoms with Gasteiger partial charge in [-0.3, -0.25) is 9.59 Å². The number of sulfone groups is 1. The van der Waals surface area contributed by atoms with E-state index in [4.69, 9.17) is 4.74 Å². The third-order valence-corrected chi connectivity index (χ3v) is 6.28. The highest BCUT2D eigenvalue weighted by Crippen LogP contribution is 2.20. The lowest BCUT2D eigenvalue weighted by molar-refractivity contribution is -0.123. The molecule has 0 spiro atoms. The van der Waals surface area contributed by atoms with Crippen LogP contribution in [0.5, 0.6) is 5.75 Å². The molecule has 1 fully saturated rings. The van der Waals surface area contributed by atoms with E-state index in [-0.39, 0.29) is 36.0 Å². The summed E-state index contributed by atoms with van der Waals surface area (Å²) >= 11 is 0. The van der Waals surface area contributed by atoms with E-state index < -0.39 is 9.84 Å². The molecule has 0 aromatic heterocycles. The molecular formula is C20H22N2O5S. The van der Waals surface area contributed by atoms with Gasteiger partial charge in [-0.15, -0.1) is 0 Å². The molecule has 2 aromatic rings. The second-order valence-corrected chi connectivity index (χ2v) is 8.91. The van der Waals surface area contributed by atoms with Crippen LogP contribution in [-0.4, -0.2) is 51.4 Å². The predicted molar refractivity (Wildman–Crippen MR) is 106 cm³/mol. The van der Waals surface area contributed by atoms with Crippen molar-refractivity contribution >= 4 is 27.3 Å². The van der Waals surface area contributed by atoms with Crippen molar-refractivity contribution in [2.45, 2.75) is 12.5 Å². The van der Waals surface area contributed by atoms with Gasteiger partial charge in [0.25, 0.3) is 11.8 Å². The van der Waals surface area contributed by atoms with E-state index >= 15 is 0 Å². The Morgan fingerprint density at radius 3 is 2.39 bits per heavy atom. The molecule has 3 rings (SSSR count). The normalized spacial score (nSPS) is 17.7. The van der Waals surface area contributed by atoms with Crippen molar-refractivity contribution in [1.29, 1.82) is 0 Å². The highest BCUT2D eigenvalue weighted by molar-refractivity contribution is 7.91. The SMILES string of the molecule is CN(C(=O)c1ccccc1)c1ccc(OCC(=O)N[C@H]2CCS(=O)(=O)C2)cc1. The smallest absolute Gasteiger partial charge is 0.258 e. The maximum Gasteiger partial charge on any atom is 0.258 e. The van der Waals surface area contributed by atoms with Crippen LogP contribution in [0.1, 0.15) is 16.8 Å². The number of amides is 2. The summed E-state index contributed by atoms with van der Waals surface area (Å²) in [6.07, 6.45) is 0.435. The van der Waals surface area contributed by atoms with Gasteiger partial charge in [0, 0.05) is 24.3 Å². The summed E-state index contributed by atoms with van der Waals surface area (Å²) < 4.78 is 28.3. The number of benzene rings is 2. The average Bonchev–Trinajstić information content (AvgIpc) is 3.04. The number of anilines is 1. The van der Waals surface area contributed by atoms with Crippen LogP contribution in [0.4, 0.5) is 5.69 Å². The molecule has 1 N–H and O–H groups in total. The van der Waals surface area contributed by atoms with Crippen LogP contribution in [0, 0.1) is 0 Å². The van der Waals surface area contributed by atoms with Crippen LogP contribution in [0.15, 0.2) is 54.6 Å². The number of rotatable bonds is 6. The minimum Gasteiger partial charge on any atom is -0.484 e. The molecule has 0 unspecified atom stereocenters. The van der Waals surface area contributed by atoms with Gasteiger partial charge in [-0.25, -0.2) is 8.42 Å². The van der Waals surface area contributed by atoms with Crippen molar-refractivity contribution in [3.63, 3.8) is 0 Å². The minimum absolute atomic E-state index is 0.0186. The van der Waals surface area contributed by atoms with Gasteiger partial charge in [0.05, 0.1) is 11.5 Å². The molecular weight excluding hydrogens is 380 g/mol. The van der Waals surface area contributed by atoms with E-state index in [9.17, 15) is 18.0 Å². The minimum atomic E-state index is -3.04. The van der Waals surface area contributed by atoms with Crippen molar-refractivity contribution in [2.75, 3.05) is 30.1 Å². The van der Waals surface area contributed by atoms with Crippen LogP contribution >= 0.6 is 0 Å². The van der Waals surface area contributed by atoms with Gasteiger partial charge < -0.3 is 15.0 Å². The Hall–Kier alpha value is -2.87. The van der Waals surface area contributed by atoms with Crippen LogP contribution < -0.4 is 15.0 Å². The quantitative estimate of drug-likeness (QED) is 0.793. The number of hydrogen-bond acceptors (Lipinski definition) is 5. The Balaban J connectivity index is 1.51. The first kappa shape index (κ1) is 19.9. The second kappa shape index (κ2) is 8.43. The summed E-state index contributed by atoms with van der Waals surface area (Å²) in [7, 11) is -1.35. The summed E-state index contributed by atoms with van der Waals surface area (Å²) in [5.74, 6) is 0.0891. The number of nitrogens with zero attached hydrogens (tertiary/aromatic N) is 1. The fourth-order valence-corrected chi connectivity index (χ4v) is 4.66. The average molecular weight is 402 g/mol. The molecule has 0 saturated carbocycles. The molecule has 8 heteroatoms. The third kappa shape index (κ3) is 5.10. The standard InChI is InChI=1S/C20H22N2O5S/c1-22(20(24)15-5-3-2-4-6-15)17-7-9-18(10-8-17)27-13-19(23)21-16-11-12-28(25,26)14-16/h2-10,16H,11-14H2,1H3,(H,21,23)/t16-/m0/s1. The summed E-state index contributed by atoms with van der Waals surface area (Å²) in [6.45, 7) is -0.200. The zero-order chi connectivity index (χ0) is 20.1. The summed E-state index contributed by atoms with van der Waals surface area (Å²) in [4.78, 5) is 25.9. The largest absolute Gasteiger partial charge is 0.484 e. The van der Waals surface area contributed by atoms with Crippen LogP contribution in [0.3, 0.4) is 0 Å². The molecule has 1 atom stereocenters. The summed E-state index contributed by atoms with van der Waals surface area (Å²) in [6, 6.07) is 15.5. The summed E-state index contributed by atoms with van der Waals surface area (Å²) in [5.41, 5.74) is 1.29. The van der Waals surface area contributed by atoms with Crippen LogP contribution in [-0.2, 0) is 14.6 Å². The first-order valence-corrected chi connectivity index (χ1v) is 10.7. The van der Waals surface area contributed by atoms with Crippen LogP contribution in [0.25, 0.3) is 0 Å². The Bertz CT molecular complexity index is 942. The van der Waals surface area contributed by atoms with Gasteiger partial charge >= 0.3 is 0 Å². The van der Waals surface area contributed by atoms with Gasteiger partial charge in [-0.05, 0) is 42.8 Å². The first-order chi connectivity index (χ1) is 13.3. The fraction of sp³-hybridized carbons (Fsp3) is 0.300. The zero-order valence-electron chi connectivity index (χ0n) is 15.5. The van der Waals surface area contributed by atoms with Crippen molar-refractivity contribution in [2.24, 2.45) is 0 Å². The molecule has 0 aliphatic carbocycles. The van der Waals surface area contributed by atoms with E-state index in [1.54, 1.807) is 43.4 Å². The maximum absolute atomic E-state index is 12.5. The molecule has 148 valence electrons. The lowest BCUT2D eigenvalue weighted by Gasteiger charge is -2.18. The van der Waals surface area contributed by atoms with Crippen molar-refractivity contribution in [3.05, 3.63) is 60.2 Å². The highest BCUT2D eigenvalue weighted by Gasteiger charge is 2.28. The van der Waals surface area contributed by atoms with E-state index in [1.165, 1.54) is 4.90 Å². The lowest BCUT2D eigenvalue weighted by atomic mass is 10.2. The van der Waals surface area contributed by atoms with E-state index in [2.05, 4.69) is 5.32 Å². The number of carbonyl (C=O) groups is 2. The molecule has 1 aliphatic heterocycles. The molecule has 0 bridgehead atoms. The van der Waals surface area contributed by atoms with Gasteiger partial charge in [-0.2, -0.15) is 0 Å². The lowest BCUT2D eigenvalue weighted by Crippen LogP contribution is -2.38. The Labute approximate surface area is 164 Å². The highest BCUT2D eigenvalue weighted by atomic mass is 32.2. The van der Waals surface area contributed by atoms with Gasteiger partial charge in [0.15, 0.2) is 16.4 Å². The van der Waals surface area contributed by atoms with E-state index in [1.807, 2.05) is 18.2 Å². The maximum atomic E-state index is 12.5. The molecule has 28 heavy (non-hydrogen) atoms. The molecule has 1 heterocycles. The molecule has 2 aromatic carbocycles. The molecule has 1 aliphatic rings. The third-order valence-electron chi connectivity index (χ3n) is 4.52. The van der Waals surface area contributed by atoms with Gasteiger partial charge in [0.2, 0.25) is 0 Å². The number of nitrogens with one attached hydrogen (secondary N) is 1. The summed E-state index contributed by atoms with van der Waals surface area (Å²) in [5, 5.41) is 2.67. The van der Waals surface area contributed by atoms with Gasteiger partial charge in [0.1, 0.15) is 5.75 Å². The molecule has 7 nitrogen and oxygen atoms in total. The van der Waals surface area contributed by atoms with Crippen molar-refractivity contribution < 1.29 is 22.7 Å². The topological polar surface area (TPSA) is 92.8 Å². The molecule has 2 amide bonds. The van der Waals surface area contributed by atoms with Gasteiger partial charge in [-0.1, -0.05) is 18.2 Å². The predicted octanol–water partition coefficient (Wildman–Crippen LogP) is 1.65. The number of hydrogen-bond donors (Lipinski definition) is 1. The fourth-order valence-electron chi connectivity index (χ4n) is 2.98. The monoisotopic (exact) mass is 402 g/mol. The molecule has 0 radical (unpaired) electrons. The van der Waals surface area contributed by atoms with E-state index in [0.717, 1.165) is 0 Å². The van der Waals surface area contributed by atoms with Crippen molar-refractivity contribution in [1.82, 2.24) is 5.32 Å². The molecule has 1 saturated heterocycles. The zero-order valence-corrected chi connectivity index (χ0v) is 16.3. The number of ether oxygens (including phenoxy) is 1. The Morgan fingerprint density at radius 2 is 1.79 bits per heavy atom. The Morgan fingerprint density at radius 1 is 1.11 bits per heavy atom. The first-order valence-electron chi connectivity index (χ1n) is 8.90.